The van der Waals surface area contributed by atoms with Gasteiger partial charge in [-0.05, 0) is 42.4 Å². The number of phenolic OH excluding ortho intramolecular Hbond substituents is 1. The number of aromatic hydroxyl groups is 1. The Morgan fingerprint density at radius 3 is 2.60 bits per heavy atom. The summed E-state index contributed by atoms with van der Waals surface area (Å²) in [5, 5.41) is 10.8. The van der Waals surface area contributed by atoms with Crippen molar-refractivity contribution >= 4 is 11.8 Å². The highest BCUT2D eigenvalue weighted by molar-refractivity contribution is 5.85. The molecule has 1 aliphatic carbocycles. The number of hydrazine groups is 1. The molecule has 2 aliphatic rings. The zero-order valence-electron chi connectivity index (χ0n) is 11.2. The Bertz CT molecular complexity index is 522. The molecule has 1 atom stereocenters. The Kier molecular flexibility index (Phi) is 3.34. The van der Waals surface area contributed by atoms with Crippen molar-refractivity contribution in [3.8, 4) is 5.75 Å². The van der Waals surface area contributed by atoms with E-state index in [1.165, 1.54) is 5.01 Å². The molecular formula is C15H18N2O3. The molecule has 1 heterocycles. The average Bonchev–Trinajstić information content (AvgIpc) is 3.18. The smallest absolute Gasteiger partial charge is 0.241 e. The van der Waals surface area contributed by atoms with Gasteiger partial charge in [-0.15, -0.1) is 0 Å². The number of nitrogens with one attached hydrogen (secondary N) is 1. The predicted octanol–water partition coefficient (Wildman–Crippen LogP) is 1.54. The van der Waals surface area contributed by atoms with Gasteiger partial charge in [-0.1, -0.05) is 12.1 Å². The zero-order valence-corrected chi connectivity index (χ0v) is 11.2. The lowest BCUT2D eigenvalue weighted by molar-refractivity contribution is -0.136. The van der Waals surface area contributed by atoms with Gasteiger partial charge in [-0.2, -0.15) is 0 Å². The monoisotopic (exact) mass is 274 g/mol. The van der Waals surface area contributed by atoms with E-state index in [-0.39, 0.29) is 23.5 Å². The van der Waals surface area contributed by atoms with Crippen LogP contribution in [-0.2, 0) is 9.59 Å². The fraction of sp³-hybridized carbons (Fsp3) is 0.467. The summed E-state index contributed by atoms with van der Waals surface area (Å²) in [7, 11) is 0. The van der Waals surface area contributed by atoms with Crippen molar-refractivity contribution in [1.82, 2.24) is 10.4 Å². The van der Waals surface area contributed by atoms with Crippen LogP contribution in [0.3, 0.4) is 0 Å². The van der Waals surface area contributed by atoms with Gasteiger partial charge in [0.1, 0.15) is 5.75 Å². The van der Waals surface area contributed by atoms with Gasteiger partial charge in [0.05, 0.1) is 6.54 Å². The molecule has 1 aliphatic heterocycles. The van der Waals surface area contributed by atoms with Gasteiger partial charge in [-0.3, -0.25) is 20.0 Å². The molecule has 0 bridgehead atoms. The van der Waals surface area contributed by atoms with Crippen LogP contribution in [0.25, 0.3) is 0 Å². The summed E-state index contributed by atoms with van der Waals surface area (Å²) in [5.41, 5.74) is 3.67. The minimum absolute atomic E-state index is 0.0270. The first-order valence-corrected chi connectivity index (χ1v) is 7.02. The Balaban J connectivity index is 1.70. The van der Waals surface area contributed by atoms with E-state index in [1.54, 1.807) is 12.1 Å². The summed E-state index contributed by atoms with van der Waals surface area (Å²) in [6, 6.07) is 7.09. The molecule has 106 valence electrons. The maximum Gasteiger partial charge on any atom is 0.241 e. The number of benzene rings is 1. The van der Waals surface area contributed by atoms with Crippen LogP contribution in [-0.4, -0.2) is 28.5 Å². The van der Waals surface area contributed by atoms with E-state index in [2.05, 4.69) is 5.43 Å². The van der Waals surface area contributed by atoms with Crippen LogP contribution in [0, 0.1) is 5.92 Å². The summed E-state index contributed by atoms with van der Waals surface area (Å²) in [4.78, 5) is 23.4. The highest BCUT2D eigenvalue weighted by Crippen LogP contribution is 2.44. The van der Waals surface area contributed by atoms with Crippen LogP contribution in [0.15, 0.2) is 24.3 Å². The van der Waals surface area contributed by atoms with E-state index in [1.807, 2.05) is 12.1 Å². The van der Waals surface area contributed by atoms with Crippen LogP contribution in [0.1, 0.15) is 37.2 Å². The molecule has 2 N–H and O–H groups in total. The molecule has 5 nitrogen and oxygen atoms in total. The molecule has 1 unspecified atom stereocenters. The lowest BCUT2D eigenvalue weighted by Gasteiger charge is -2.21. The standard InChI is InChI=1S/C15H18N2O3/c18-12-5-3-11(4-6-12)13(10-1-2-10)9-15(20)17-8-7-14(19)16-17/h3-6,10,13,18H,1-2,7-9H2,(H,16,19). The zero-order chi connectivity index (χ0) is 14.1. The van der Waals surface area contributed by atoms with E-state index >= 15 is 0 Å². The van der Waals surface area contributed by atoms with Gasteiger partial charge in [0, 0.05) is 12.8 Å². The second-order valence-corrected chi connectivity index (χ2v) is 5.57. The number of hydrogen-bond acceptors (Lipinski definition) is 3. The molecular weight excluding hydrogens is 256 g/mol. The average molecular weight is 274 g/mol. The maximum absolute atomic E-state index is 12.2. The lowest BCUT2D eigenvalue weighted by Crippen LogP contribution is -2.39. The van der Waals surface area contributed by atoms with Crippen molar-refractivity contribution in [2.24, 2.45) is 5.92 Å². The summed E-state index contributed by atoms with van der Waals surface area (Å²) in [6.07, 6.45) is 3.09. The molecule has 0 radical (unpaired) electrons. The summed E-state index contributed by atoms with van der Waals surface area (Å²) < 4.78 is 0. The summed E-state index contributed by atoms with van der Waals surface area (Å²) >= 11 is 0. The first-order chi connectivity index (χ1) is 9.63. The molecule has 2 fully saturated rings. The van der Waals surface area contributed by atoms with Crippen molar-refractivity contribution in [1.29, 1.82) is 0 Å². The van der Waals surface area contributed by atoms with Crippen LogP contribution >= 0.6 is 0 Å². The number of rotatable bonds is 4. The van der Waals surface area contributed by atoms with Gasteiger partial charge >= 0.3 is 0 Å². The van der Waals surface area contributed by atoms with Crippen LogP contribution in [0.2, 0.25) is 0 Å². The Morgan fingerprint density at radius 1 is 1.35 bits per heavy atom. The molecule has 0 spiro atoms. The van der Waals surface area contributed by atoms with Crippen molar-refractivity contribution in [2.45, 2.75) is 31.6 Å². The molecule has 1 saturated carbocycles. The predicted molar refractivity (Wildman–Crippen MR) is 72.7 cm³/mol. The number of nitrogens with zero attached hydrogens (tertiary/aromatic N) is 1. The van der Waals surface area contributed by atoms with Gasteiger partial charge in [0.25, 0.3) is 0 Å². The first-order valence-electron chi connectivity index (χ1n) is 7.02. The van der Waals surface area contributed by atoms with E-state index in [0.29, 0.717) is 25.3 Å². The molecule has 1 aromatic carbocycles. The van der Waals surface area contributed by atoms with Crippen molar-refractivity contribution in [2.75, 3.05) is 6.54 Å². The number of hydrogen-bond donors (Lipinski definition) is 2. The minimum atomic E-state index is -0.0917. The number of phenols is 1. The van der Waals surface area contributed by atoms with E-state index < -0.39 is 0 Å². The minimum Gasteiger partial charge on any atom is -0.508 e. The van der Waals surface area contributed by atoms with Crippen molar-refractivity contribution in [3.63, 3.8) is 0 Å². The van der Waals surface area contributed by atoms with Gasteiger partial charge in [-0.25, -0.2) is 0 Å². The molecule has 5 heteroatoms. The highest BCUT2D eigenvalue weighted by Gasteiger charge is 2.35. The van der Waals surface area contributed by atoms with Gasteiger partial charge < -0.3 is 5.11 Å². The maximum atomic E-state index is 12.2. The Morgan fingerprint density at radius 2 is 2.05 bits per heavy atom. The van der Waals surface area contributed by atoms with Crippen LogP contribution in [0.4, 0.5) is 0 Å². The number of carbonyl (C=O) groups is 2. The molecule has 2 amide bonds. The first kappa shape index (κ1) is 13.0. The van der Waals surface area contributed by atoms with E-state index in [0.717, 1.165) is 18.4 Å². The lowest BCUT2D eigenvalue weighted by atomic mass is 9.90. The fourth-order valence-electron chi connectivity index (χ4n) is 2.74. The highest BCUT2D eigenvalue weighted by atomic mass is 16.3. The summed E-state index contributed by atoms with van der Waals surface area (Å²) in [6.45, 7) is 0.463. The van der Waals surface area contributed by atoms with Crippen molar-refractivity contribution < 1.29 is 14.7 Å². The molecule has 0 aromatic heterocycles. The van der Waals surface area contributed by atoms with Gasteiger partial charge in [0.2, 0.25) is 11.8 Å². The second-order valence-electron chi connectivity index (χ2n) is 5.57. The Labute approximate surface area is 117 Å². The van der Waals surface area contributed by atoms with Gasteiger partial charge in [0.15, 0.2) is 0 Å². The van der Waals surface area contributed by atoms with Crippen LogP contribution < -0.4 is 5.43 Å². The third kappa shape index (κ3) is 2.76. The normalized spacial score (nSPS) is 19.8. The van der Waals surface area contributed by atoms with Crippen molar-refractivity contribution in [3.05, 3.63) is 29.8 Å². The SMILES string of the molecule is O=C1CCN(C(=O)CC(c2ccc(O)cc2)C2CC2)N1. The van der Waals surface area contributed by atoms with E-state index in [9.17, 15) is 14.7 Å². The fourth-order valence-corrected chi connectivity index (χ4v) is 2.74. The quantitative estimate of drug-likeness (QED) is 0.875. The second kappa shape index (κ2) is 5.15. The topological polar surface area (TPSA) is 69.6 Å². The molecule has 1 aromatic rings. The number of carbonyl (C=O) groups excluding carboxylic acids is 2. The molecule has 20 heavy (non-hydrogen) atoms. The molecule has 1 saturated heterocycles. The summed E-state index contributed by atoms with van der Waals surface area (Å²) in [5.74, 6) is 0.843. The Hall–Kier alpha value is -2.04. The number of amides is 2. The third-order valence-corrected chi connectivity index (χ3v) is 4.03. The third-order valence-electron chi connectivity index (χ3n) is 4.03. The van der Waals surface area contributed by atoms with Crippen LogP contribution in [0.5, 0.6) is 5.75 Å². The van der Waals surface area contributed by atoms with E-state index in [4.69, 9.17) is 0 Å². The largest absolute Gasteiger partial charge is 0.508 e. The molecule has 3 rings (SSSR count).